The Kier molecular flexibility index (Phi) is 4.84. The fourth-order valence-corrected chi connectivity index (χ4v) is 4.40. The van der Waals surface area contributed by atoms with Crippen LogP contribution in [0.25, 0.3) is 11.3 Å². The van der Waals surface area contributed by atoms with Crippen molar-refractivity contribution in [2.45, 2.75) is 9.79 Å². The number of primary sulfonamides is 1. The van der Waals surface area contributed by atoms with Crippen LogP contribution in [0.3, 0.4) is 0 Å². The van der Waals surface area contributed by atoms with E-state index in [0.29, 0.717) is 22.1 Å². The highest BCUT2D eigenvalue weighted by molar-refractivity contribution is 7.90. The summed E-state index contributed by atoms with van der Waals surface area (Å²) in [5, 5.41) is 10.6. The van der Waals surface area contributed by atoms with Crippen LogP contribution >= 0.6 is 11.3 Å². The Morgan fingerprint density at radius 3 is 2.27 bits per heavy atom. The molecule has 2 aromatic carbocycles. The lowest BCUT2D eigenvalue weighted by molar-refractivity contribution is 0.597. The lowest BCUT2D eigenvalue weighted by atomic mass is 10.2. The van der Waals surface area contributed by atoms with Gasteiger partial charge in [-0.05, 0) is 30.3 Å². The van der Waals surface area contributed by atoms with E-state index in [1.807, 2.05) is 0 Å². The quantitative estimate of drug-likeness (QED) is 0.668. The zero-order valence-corrected chi connectivity index (χ0v) is 16.0. The first kappa shape index (κ1) is 18.5. The molecule has 0 saturated heterocycles. The van der Waals surface area contributed by atoms with Crippen LogP contribution in [0.5, 0.6) is 0 Å². The standard InChI is InChI=1S/C16H15N3O4S3/c1-25(20,21)12-8-6-11(7-9-12)18-16-19-14(10-24-16)13-4-2-3-5-15(13)26(17,22)23/h2-10H,1H3,(H,18,19)(H2,17,22,23). The van der Waals surface area contributed by atoms with Gasteiger partial charge in [0.05, 0.1) is 15.5 Å². The molecule has 1 heterocycles. The number of aromatic nitrogens is 1. The lowest BCUT2D eigenvalue weighted by Crippen LogP contribution is -2.13. The summed E-state index contributed by atoms with van der Waals surface area (Å²) in [5.41, 5.74) is 1.57. The summed E-state index contributed by atoms with van der Waals surface area (Å²) in [4.78, 5) is 4.63. The van der Waals surface area contributed by atoms with E-state index < -0.39 is 19.9 Å². The van der Waals surface area contributed by atoms with Crippen LogP contribution in [0.4, 0.5) is 10.8 Å². The largest absolute Gasteiger partial charge is 0.332 e. The van der Waals surface area contributed by atoms with E-state index in [4.69, 9.17) is 5.14 Å². The lowest BCUT2D eigenvalue weighted by Gasteiger charge is -2.05. The minimum atomic E-state index is -3.86. The molecule has 1 aromatic heterocycles. The molecule has 7 nitrogen and oxygen atoms in total. The van der Waals surface area contributed by atoms with Gasteiger partial charge in [0, 0.05) is 22.9 Å². The average molecular weight is 410 g/mol. The predicted molar refractivity (Wildman–Crippen MR) is 102 cm³/mol. The highest BCUT2D eigenvalue weighted by Gasteiger charge is 2.16. The topological polar surface area (TPSA) is 119 Å². The molecule has 0 aliphatic heterocycles. The van der Waals surface area contributed by atoms with Gasteiger partial charge in [-0.1, -0.05) is 18.2 Å². The van der Waals surface area contributed by atoms with Crippen molar-refractivity contribution in [3.63, 3.8) is 0 Å². The second-order valence-corrected chi connectivity index (χ2v) is 9.90. The minimum Gasteiger partial charge on any atom is -0.332 e. The van der Waals surface area contributed by atoms with Crippen molar-refractivity contribution in [2.75, 3.05) is 11.6 Å². The van der Waals surface area contributed by atoms with Gasteiger partial charge in [0.1, 0.15) is 0 Å². The second kappa shape index (κ2) is 6.80. The van der Waals surface area contributed by atoms with Crippen molar-refractivity contribution in [1.29, 1.82) is 0 Å². The Bertz CT molecular complexity index is 1150. The van der Waals surface area contributed by atoms with Gasteiger partial charge >= 0.3 is 0 Å². The molecule has 0 fully saturated rings. The van der Waals surface area contributed by atoms with Gasteiger partial charge < -0.3 is 5.32 Å². The van der Waals surface area contributed by atoms with Crippen molar-refractivity contribution in [2.24, 2.45) is 5.14 Å². The summed E-state index contributed by atoms with van der Waals surface area (Å²) in [6, 6.07) is 12.6. The fourth-order valence-electron chi connectivity index (χ4n) is 2.29. The van der Waals surface area contributed by atoms with Gasteiger partial charge in [0.15, 0.2) is 15.0 Å². The Hall–Kier alpha value is -2.27. The molecule has 0 saturated carbocycles. The van der Waals surface area contributed by atoms with Crippen molar-refractivity contribution in [1.82, 2.24) is 4.98 Å². The van der Waals surface area contributed by atoms with Crippen molar-refractivity contribution in [3.8, 4) is 11.3 Å². The number of sulfonamides is 1. The zero-order valence-electron chi connectivity index (χ0n) is 13.6. The van der Waals surface area contributed by atoms with E-state index in [1.54, 1.807) is 35.7 Å². The molecule has 136 valence electrons. The van der Waals surface area contributed by atoms with Crippen molar-refractivity contribution in [3.05, 3.63) is 53.9 Å². The summed E-state index contributed by atoms with van der Waals surface area (Å²) >= 11 is 1.29. The van der Waals surface area contributed by atoms with E-state index in [0.717, 1.165) is 6.26 Å². The molecule has 0 aliphatic carbocycles. The van der Waals surface area contributed by atoms with Crippen molar-refractivity contribution < 1.29 is 16.8 Å². The third-order valence-corrected chi connectivity index (χ3v) is 6.36. The summed E-state index contributed by atoms with van der Waals surface area (Å²) in [7, 11) is -7.12. The van der Waals surface area contributed by atoms with E-state index in [-0.39, 0.29) is 9.79 Å². The molecule has 3 rings (SSSR count). The fraction of sp³-hybridized carbons (Fsp3) is 0.0625. The summed E-state index contributed by atoms with van der Waals surface area (Å²) < 4.78 is 46.4. The van der Waals surface area contributed by atoms with Gasteiger partial charge in [0.2, 0.25) is 10.0 Å². The molecule has 0 spiro atoms. The molecule has 3 N–H and O–H groups in total. The number of hydrogen-bond acceptors (Lipinski definition) is 7. The monoisotopic (exact) mass is 409 g/mol. The summed E-state index contributed by atoms with van der Waals surface area (Å²) in [6.45, 7) is 0. The number of hydrogen-bond donors (Lipinski definition) is 2. The third-order valence-electron chi connectivity index (χ3n) is 3.51. The number of rotatable bonds is 5. The van der Waals surface area contributed by atoms with Gasteiger partial charge in [-0.15, -0.1) is 11.3 Å². The first-order chi connectivity index (χ1) is 12.1. The molecule has 0 atom stereocenters. The maximum Gasteiger partial charge on any atom is 0.238 e. The molecule has 10 heteroatoms. The Labute approximate surface area is 155 Å². The maximum absolute atomic E-state index is 11.7. The van der Waals surface area contributed by atoms with E-state index in [9.17, 15) is 16.8 Å². The van der Waals surface area contributed by atoms with Crippen LogP contribution in [0.2, 0.25) is 0 Å². The average Bonchev–Trinajstić information content (AvgIpc) is 3.02. The molecular formula is C16H15N3O4S3. The molecule has 0 radical (unpaired) electrons. The van der Waals surface area contributed by atoms with Gasteiger partial charge in [0.25, 0.3) is 0 Å². The molecular weight excluding hydrogens is 394 g/mol. The van der Waals surface area contributed by atoms with Gasteiger partial charge in [-0.2, -0.15) is 0 Å². The number of thiazole rings is 1. The molecule has 26 heavy (non-hydrogen) atoms. The first-order valence-electron chi connectivity index (χ1n) is 7.29. The van der Waals surface area contributed by atoms with Crippen molar-refractivity contribution >= 4 is 42.0 Å². The van der Waals surface area contributed by atoms with Gasteiger partial charge in [-0.3, -0.25) is 0 Å². The van der Waals surface area contributed by atoms with Gasteiger partial charge in [-0.25, -0.2) is 27.0 Å². The van der Waals surface area contributed by atoms with Crippen LogP contribution in [0.15, 0.2) is 63.7 Å². The Morgan fingerprint density at radius 1 is 1.00 bits per heavy atom. The first-order valence-corrected chi connectivity index (χ1v) is 11.6. The molecule has 0 unspecified atom stereocenters. The van der Waals surface area contributed by atoms with E-state index in [2.05, 4.69) is 10.3 Å². The molecule has 0 amide bonds. The molecule has 0 bridgehead atoms. The highest BCUT2D eigenvalue weighted by atomic mass is 32.2. The third kappa shape index (κ3) is 4.10. The van der Waals surface area contributed by atoms with E-state index >= 15 is 0 Å². The Morgan fingerprint density at radius 2 is 1.65 bits per heavy atom. The zero-order chi connectivity index (χ0) is 18.9. The van der Waals surface area contributed by atoms with Crippen LogP contribution in [-0.4, -0.2) is 28.1 Å². The minimum absolute atomic E-state index is 0.00866. The smallest absolute Gasteiger partial charge is 0.238 e. The number of nitrogens with two attached hydrogens (primary N) is 1. The van der Waals surface area contributed by atoms with Crippen LogP contribution in [-0.2, 0) is 19.9 Å². The number of nitrogens with one attached hydrogen (secondary N) is 1. The van der Waals surface area contributed by atoms with E-state index in [1.165, 1.54) is 29.5 Å². The molecule has 0 aliphatic rings. The summed E-state index contributed by atoms with van der Waals surface area (Å²) in [6.07, 6.45) is 1.14. The number of benzene rings is 2. The number of anilines is 2. The normalized spacial score (nSPS) is 12.1. The highest BCUT2D eigenvalue weighted by Crippen LogP contribution is 2.31. The Balaban J connectivity index is 1.88. The molecule has 3 aromatic rings. The summed E-state index contributed by atoms with van der Waals surface area (Å²) in [5.74, 6) is 0. The van der Waals surface area contributed by atoms with Crippen LogP contribution in [0.1, 0.15) is 0 Å². The maximum atomic E-state index is 11.7. The number of nitrogens with zero attached hydrogens (tertiary/aromatic N) is 1. The SMILES string of the molecule is CS(=O)(=O)c1ccc(Nc2nc(-c3ccccc3S(N)(=O)=O)cs2)cc1. The van der Waals surface area contributed by atoms with Crippen LogP contribution < -0.4 is 10.5 Å². The number of sulfone groups is 1. The predicted octanol–water partition coefficient (Wildman–Crippen LogP) is 2.60. The van der Waals surface area contributed by atoms with Crippen LogP contribution in [0, 0.1) is 0 Å². The second-order valence-electron chi connectivity index (χ2n) is 5.50.